The summed E-state index contributed by atoms with van der Waals surface area (Å²) in [5.74, 6) is 2.17. The molecule has 2 heterocycles. The van der Waals surface area contributed by atoms with Gasteiger partial charge in [-0.15, -0.1) is 11.3 Å². The number of anilines is 1. The van der Waals surface area contributed by atoms with Gasteiger partial charge in [0.1, 0.15) is 0 Å². The van der Waals surface area contributed by atoms with Gasteiger partial charge in [0.2, 0.25) is 0 Å². The Bertz CT molecular complexity index is 812. The molecule has 1 aliphatic heterocycles. The van der Waals surface area contributed by atoms with Crippen LogP contribution in [0.25, 0.3) is 0 Å². The second kappa shape index (κ2) is 9.35. The summed E-state index contributed by atoms with van der Waals surface area (Å²) < 4.78 is 11.7. The molecule has 2 aromatic rings. The van der Waals surface area contributed by atoms with Crippen LogP contribution in [0.5, 0.6) is 11.5 Å². The first kappa shape index (κ1) is 19.8. The third-order valence-corrected chi connectivity index (χ3v) is 6.37. The van der Waals surface area contributed by atoms with Crippen LogP contribution >= 0.6 is 11.3 Å². The largest absolute Gasteiger partial charge is 0.493 e. The number of ether oxygens (including phenoxy) is 2. The lowest BCUT2D eigenvalue weighted by atomic mass is 10.2. The molecule has 29 heavy (non-hydrogen) atoms. The molecule has 0 spiro atoms. The van der Waals surface area contributed by atoms with Gasteiger partial charge in [0.15, 0.2) is 22.6 Å². The molecule has 2 N–H and O–H groups in total. The molecule has 7 nitrogen and oxygen atoms in total. The maximum atomic E-state index is 6.26. The van der Waals surface area contributed by atoms with E-state index in [0.717, 1.165) is 61.2 Å². The van der Waals surface area contributed by atoms with Crippen molar-refractivity contribution in [3.05, 3.63) is 35.3 Å². The lowest BCUT2D eigenvalue weighted by Gasteiger charge is -2.35. The lowest BCUT2D eigenvalue weighted by molar-refractivity contribution is 0.200. The van der Waals surface area contributed by atoms with Crippen molar-refractivity contribution in [3.63, 3.8) is 0 Å². The minimum Gasteiger partial charge on any atom is -0.493 e. The molecule has 1 aromatic heterocycles. The molecule has 8 heteroatoms. The molecule has 4 rings (SSSR count). The number of aliphatic imine (C=N–C) groups is 1. The van der Waals surface area contributed by atoms with Crippen LogP contribution in [-0.2, 0) is 6.54 Å². The molecule has 2 aliphatic rings. The van der Waals surface area contributed by atoms with Gasteiger partial charge in [0.05, 0.1) is 19.8 Å². The fraction of sp³-hybridized carbons (Fsp3) is 0.524. The number of hydrogen-bond donors (Lipinski definition) is 1. The first-order valence-electron chi connectivity index (χ1n) is 10.3. The molecule has 0 amide bonds. The van der Waals surface area contributed by atoms with E-state index >= 15 is 0 Å². The van der Waals surface area contributed by atoms with Crippen LogP contribution in [0.2, 0.25) is 0 Å². The van der Waals surface area contributed by atoms with Gasteiger partial charge in [-0.25, -0.2) is 9.98 Å². The first-order valence-corrected chi connectivity index (χ1v) is 11.1. The average Bonchev–Trinajstić information content (AvgIpc) is 3.47. The Morgan fingerprint density at radius 2 is 2.00 bits per heavy atom. The van der Waals surface area contributed by atoms with E-state index in [1.54, 1.807) is 18.4 Å². The van der Waals surface area contributed by atoms with Gasteiger partial charge in [0, 0.05) is 37.8 Å². The van der Waals surface area contributed by atoms with Crippen LogP contribution in [0, 0.1) is 0 Å². The second-order valence-electron chi connectivity index (χ2n) is 7.47. The second-order valence-corrected chi connectivity index (χ2v) is 8.35. The SMILES string of the molecule is COc1cc(CN=C(N)N2CCN(c3nccs3)CC2)ccc1OC1CCCC1. The van der Waals surface area contributed by atoms with Gasteiger partial charge in [-0.2, -0.15) is 0 Å². The Hall–Kier alpha value is -2.48. The molecule has 1 saturated carbocycles. The molecule has 0 radical (unpaired) electrons. The van der Waals surface area contributed by atoms with Crippen molar-refractivity contribution in [3.8, 4) is 11.5 Å². The molecule has 156 valence electrons. The maximum absolute atomic E-state index is 6.26. The number of methoxy groups -OCH3 is 1. The molecular weight excluding hydrogens is 386 g/mol. The Balaban J connectivity index is 1.33. The van der Waals surface area contributed by atoms with E-state index in [0.29, 0.717) is 18.6 Å². The highest BCUT2D eigenvalue weighted by molar-refractivity contribution is 7.13. The summed E-state index contributed by atoms with van der Waals surface area (Å²) in [6.07, 6.45) is 6.91. The Morgan fingerprint density at radius 3 is 2.69 bits per heavy atom. The normalized spacial score (nSPS) is 18.3. The van der Waals surface area contributed by atoms with Gasteiger partial charge < -0.3 is 25.0 Å². The summed E-state index contributed by atoms with van der Waals surface area (Å²) in [5.41, 5.74) is 7.32. The molecule has 1 saturated heterocycles. The van der Waals surface area contributed by atoms with Gasteiger partial charge in [0.25, 0.3) is 0 Å². The quantitative estimate of drug-likeness (QED) is 0.577. The van der Waals surface area contributed by atoms with Gasteiger partial charge in [-0.1, -0.05) is 6.07 Å². The van der Waals surface area contributed by atoms with Crippen molar-refractivity contribution in [1.82, 2.24) is 9.88 Å². The van der Waals surface area contributed by atoms with E-state index in [4.69, 9.17) is 15.2 Å². The summed E-state index contributed by atoms with van der Waals surface area (Å²) in [7, 11) is 1.68. The van der Waals surface area contributed by atoms with E-state index < -0.39 is 0 Å². The van der Waals surface area contributed by atoms with Crippen LogP contribution in [0.1, 0.15) is 31.2 Å². The van der Waals surface area contributed by atoms with Crippen molar-refractivity contribution >= 4 is 22.4 Å². The summed E-state index contributed by atoms with van der Waals surface area (Å²) in [6, 6.07) is 6.04. The Morgan fingerprint density at radius 1 is 1.21 bits per heavy atom. The fourth-order valence-corrected chi connectivity index (χ4v) is 4.56. The van der Waals surface area contributed by atoms with Crippen molar-refractivity contribution in [1.29, 1.82) is 0 Å². The maximum Gasteiger partial charge on any atom is 0.191 e. The highest BCUT2D eigenvalue weighted by Gasteiger charge is 2.20. The van der Waals surface area contributed by atoms with E-state index in [2.05, 4.69) is 19.8 Å². The number of guanidine groups is 1. The first-order chi connectivity index (χ1) is 14.2. The van der Waals surface area contributed by atoms with E-state index in [9.17, 15) is 0 Å². The fourth-order valence-electron chi connectivity index (χ4n) is 3.86. The number of benzene rings is 1. The number of nitrogens with zero attached hydrogens (tertiary/aromatic N) is 4. The van der Waals surface area contributed by atoms with Gasteiger partial charge in [-0.05, 0) is 43.4 Å². The zero-order chi connectivity index (χ0) is 20.1. The third kappa shape index (κ3) is 4.93. The van der Waals surface area contributed by atoms with Crippen molar-refractivity contribution < 1.29 is 9.47 Å². The van der Waals surface area contributed by atoms with Crippen LogP contribution in [0.3, 0.4) is 0 Å². The van der Waals surface area contributed by atoms with Crippen LogP contribution in [0.4, 0.5) is 5.13 Å². The van der Waals surface area contributed by atoms with E-state index in [-0.39, 0.29) is 0 Å². The van der Waals surface area contributed by atoms with E-state index in [1.807, 2.05) is 29.8 Å². The Labute approximate surface area is 176 Å². The van der Waals surface area contributed by atoms with Crippen molar-refractivity contribution in [2.24, 2.45) is 10.7 Å². The van der Waals surface area contributed by atoms with Crippen molar-refractivity contribution in [2.75, 3.05) is 38.2 Å². The van der Waals surface area contributed by atoms with Gasteiger partial charge >= 0.3 is 0 Å². The number of piperazine rings is 1. The van der Waals surface area contributed by atoms with Crippen LogP contribution < -0.4 is 20.1 Å². The molecule has 0 atom stereocenters. The van der Waals surface area contributed by atoms with E-state index in [1.165, 1.54) is 12.8 Å². The number of hydrogen-bond acceptors (Lipinski definition) is 6. The number of thiazole rings is 1. The number of nitrogens with two attached hydrogens (primary N) is 1. The zero-order valence-electron chi connectivity index (χ0n) is 16.9. The monoisotopic (exact) mass is 415 g/mol. The summed E-state index contributed by atoms with van der Waals surface area (Å²) >= 11 is 1.67. The predicted molar refractivity (Wildman–Crippen MR) is 117 cm³/mol. The molecule has 2 fully saturated rings. The summed E-state index contributed by atoms with van der Waals surface area (Å²) in [6.45, 7) is 4.05. The summed E-state index contributed by atoms with van der Waals surface area (Å²) in [4.78, 5) is 13.4. The predicted octanol–water partition coefficient (Wildman–Crippen LogP) is 3.11. The molecule has 0 bridgehead atoms. The van der Waals surface area contributed by atoms with Crippen LogP contribution in [0.15, 0.2) is 34.8 Å². The standard InChI is InChI=1S/C21H29N5O2S/c1-27-19-14-16(6-7-18(19)28-17-4-2-3-5-17)15-24-20(22)25-9-11-26(12-10-25)21-23-8-13-29-21/h6-8,13-14,17H,2-5,9-12,15H2,1H3,(H2,22,24). The highest BCUT2D eigenvalue weighted by Crippen LogP contribution is 2.32. The zero-order valence-corrected chi connectivity index (χ0v) is 17.7. The molecule has 0 unspecified atom stereocenters. The minimum atomic E-state index is 0.312. The Kier molecular flexibility index (Phi) is 6.39. The summed E-state index contributed by atoms with van der Waals surface area (Å²) in [5, 5.41) is 3.09. The number of rotatable bonds is 6. The highest BCUT2D eigenvalue weighted by atomic mass is 32.1. The molecule has 1 aliphatic carbocycles. The third-order valence-electron chi connectivity index (χ3n) is 5.54. The van der Waals surface area contributed by atoms with Crippen molar-refractivity contribution in [2.45, 2.75) is 38.3 Å². The van der Waals surface area contributed by atoms with Gasteiger partial charge in [-0.3, -0.25) is 0 Å². The smallest absolute Gasteiger partial charge is 0.191 e. The number of aromatic nitrogens is 1. The molecule has 1 aromatic carbocycles. The lowest BCUT2D eigenvalue weighted by Crippen LogP contribution is -2.51. The topological polar surface area (TPSA) is 76.2 Å². The van der Waals surface area contributed by atoms with Crippen LogP contribution in [-0.4, -0.2) is 55.2 Å². The molecular formula is C21H29N5O2S. The minimum absolute atomic E-state index is 0.312. The average molecular weight is 416 g/mol.